The van der Waals surface area contributed by atoms with Gasteiger partial charge >= 0.3 is 5.97 Å². The lowest BCUT2D eigenvalue weighted by Gasteiger charge is -2.27. The van der Waals surface area contributed by atoms with Gasteiger partial charge in [0.05, 0.1) is 5.69 Å². The van der Waals surface area contributed by atoms with E-state index < -0.39 is 60.7 Å². The number of aliphatic carboxylic acids is 1. The standard InChI is InChI=1S/C28H38FN5O5/c1-4-23(35)32-24(28(38)39)17(3)19-12-13-21(20(29)16-19)31-27(37)25(18-10-8-6-7-9-11-18)33-26(36)22-14-15-30-34(22)5-2/h12-18,24-25H,4-11H2,1-3H3,(H,31,37)(H,32,35)(H,33,36)(H,38,39)/t17-,24+,25-/m0/s1/i1D3,4D2. The van der Waals surface area contributed by atoms with Crippen LogP contribution in [0.2, 0.25) is 0 Å². The summed E-state index contributed by atoms with van der Waals surface area (Å²) in [5.74, 6) is -6.54. The number of aromatic nitrogens is 2. The SMILES string of the molecule is [2H]C([2H])([2H])C([2H])([2H])C(=O)N[C@@H](C(=O)O)[C@@H](C)c1ccc(NC(=O)[C@@H](NC(=O)c2ccnn2CC)C2CCCCCC2)c(F)c1. The maximum Gasteiger partial charge on any atom is 0.326 e. The third-order valence-electron chi connectivity index (χ3n) is 7.13. The van der Waals surface area contributed by atoms with E-state index in [2.05, 4.69) is 15.7 Å². The summed E-state index contributed by atoms with van der Waals surface area (Å²) in [7, 11) is 0. The molecule has 10 nitrogen and oxygen atoms in total. The lowest BCUT2D eigenvalue weighted by molar-refractivity contribution is -0.142. The molecule has 1 fully saturated rings. The number of hydrogen-bond acceptors (Lipinski definition) is 5. The monoisotopic (exact) mass is 548 g/mol. The zero-order valence-corrected chi connectivity index (χ0v) is 22.0. The Kier molecular flexibility index (Phi) is 8.23. The van der Waals surface area contributed by atoms with Gasteiger partial charge in [-0.25, -0.2) is 9.18 Å². The Balaban J connectivity index is 1.81. The van der Waals surface area contributed by atoms with Gasteiger partial charge in [-0.2, -0.15) is 5.10 Å². The average molecular weight is 549 g/mol. The number of carboxylic acid groups (broad SMARTS) is 1. The Morgan fingerprint density at radius 3 is 2.51 bits per heavy atom. The Hall–Kier alpha value is -3.76. The molecular formula is C28H38FN5O5. The van der Waals surface area contributed by atoms with Gasteiger partial charge in [-0.05, 0) is 49.4 Å². The van der Waals surface area contributed by atoms with Gasteiger partial charge < -0.3 is 21.1 Å². The van der Waals surface area contributed by atoms with Gasteiger partial charge in [-0.15, -0.1) is 0 Å². The van der Waals surface area contributed by atoms with Crippen molar-refractivity contribution >= 4 is 29.4 Å². The Bertz CT molecular complexity index is 1360. The highest BCUT2D eigenvalue weighted by atomic mass is 19.1. The number of nitrogens with zero attached hydrogens (tertiary/aromatic N) is 2. The minimum atomic E-state index is -3.36. The van der Waals surface area contributed by atoms with Crippen molar-refractivity contribution in [3.05, 3.63) is 47.5 Å². The molecule has 0 spiro atoms. The Labute approximate surface area is 234 Å². The Morgan fingerprint density at radius 2 is 1.90 bits per heavy atom. The van der Waals surface area contributed by atoms with Crippen molar-refractivity contribution in [1.82, 2.24) is 20.4 Å². The zero-order valence-electron chi connectivity index (χ0n) is 27.0. The van der Waals surface area contributed by atoms with Crippen molar-refractivity contribution in [3.8, 4) is 0 Å². The number of hydrogen-bond donors (Lipinski definition) is 4. The highest BCUT2D eigenvalue weighted by molar-refractivity contribution is 6.00. The second-order valence-corrected chi connectivity index (χ2v) is 9.67. The summed E-state index contributed by atoms with van der Waals surface area (Å²) in [6.07, 6.45) is 3.31. The first-order valence-corrected chi connectivity index (χ1v) is 13.0. The number of benzene rings is 1. The van der Waals surface area contributed by atoms with Crippen LogP contribution in [-0.4, -0.2) is 50.7 Å². The van der Waals surface area contributed by atoms with Crippen LogP contribution in [0, 0.1) is 11.7 Å². The zero-order chi connectivity index (χ0) is 32.8. The molecule has 3 amide bonds. The minimum Gasteiger partial charge on any atom is -0.480 e. The fraction of sp³-hybridized carbons (Fsp3) is 0.536. The molecule has 1 heterocycles. The normalized spacial score (nSPS) is 19.0. The summed E-state index contributed by atoms with van der Waals surface area (Å²) in [6, 6.07) is 2.33. The first-order chi connectivity index (χ1) is 20.6. The number of rotatable bonds is 11. The second-order valence-electron chi connectivity index (χ2n) is 9.67. The molecule has 39 heavy (non-hydrogen) atoms. The molecule has 11 heteroatoms. The van der Waals surface area contributed by atoms with E-state index in [0.29, 0.717) is 19.4 Å². The van der Waals surface area contributed by atoms with E-state index in [9.17, 15) is 24.3 Å². The molecule has 1 aromatic carbocycles. The maximum atomic E-state index is 15.3. The molecule has 0 bridgehead atoms. The van der Waals surface area contributed by atoms with Crippen molar-refractivity contribution in [1.29, 1.82) is 0 Å². The van der Waals surface area contributed by atoms with Gasteiger partial charge in [0.15, 0.2) is 0 Å². The van der Waals surface area contributed by atoms with Gasteiger partial charge in [0, 0.05) is 31.9 Å². The van der Waals surface area contributed by atoms with E-state index in [-0.39, 0.29) is 22.9 Å². The summed E-state index contributed by atoms with van der Waals surface area (Å²) < 4.78 is 53.7. The van der Waals surface area contributed by atoms with Gasteiger partial charge in [0.1, 0.15) is 23.6 Å². The molecule has 3 rings (SSSR count). The third-order valence-corrected chi connectivity index (χ3v) is 7.13. The predicted octanol–water partition coefficient (Wildman–Crippen LogP) is 3.83. The van der Waals surface area contributed by atoms with Crippen molar-refractivity contribution in [3.63, 3.8) is 0 Å². The van der Waals surface area contributed by atoms with Gasteiger partial charge in [-0.1, -0.05) is 45.5 Å². The first-order valence-electron chi connectivity index (χ1n) is 15.5. The molecule has 3 atom stereocenters. The smallest absolute Gasteiger partial charge is 0.326 e. The Morgan fingerprint density at radius 1 is 1.18 bits per heavy atom. The number of aryl methyl sites for hydroxylation is 1. The van der Waals surface area contributed by atoms with Crippen LogP contribution < -0.4 is 16.0 Å². The van der Waals surface area contributed by atoms with Crippen LogP contribution in [0.25, 0.3) is 0 Å². The van der Waals surface area contributed by atoms with Crippen molar-refractivity contribution in [2.45, 2.75) is 90.1 Å². The molecule has 1 aromatic heterocycles. The summed E-state index contributed by atoms with van der Waals surface area (Å²) in [5, 5.41) is 21.0. The number of carbonyl (C=O) groups excluding carboxylic acids is 3. The molecule has 0 saturated heterocycles. The molecular weight excluding hydrogens is 505 g/mol. The third kappa shape index (κ3) is 7.64. The number of nitrogens with one attached hydrogen (secondary N) is 3. The van der Waals surface area contributed by atoms with Gasteiger partial charge in [0.25, 0.3) is 5.91 Å². The highest BCUT2D eigenvalue weighted by Crippen LogP contribution is 2.28. The van der Waals surface area contributed by atoms with Crippen LogP contribution >= 0.6 is 0 Å². The van der Waals surface area contributed by atoms with Crippen LogP contribution in [0.15, 0.2) is 30.5 Å². The van der Waals surface area contributed by atoms with Crippen molar-refractivity contribution in [2.24, 2.45) is 5.92 Å². The molecule has 1 aliphatic rings. The number of carbonyl (C=O) groups is 4. The van der Waals surface area contributed by atoms with Crippen LogP contribution in [0.5, 0.6) is 0 Å². The van der Waals surface area contributed by atoms with Crippen LogP contribution in [0.3, 0.4) is 0 Å². The lowest BCUT2D eigenvalue weighted by Crippen LogP contribution is -2.49. The maximum absolute atomic E-state index is 15.3. The largest absolute Gasteiger partial charge is 0.480 e. The van der Waals surface area contributed by atoms with E-state index >= 15 is 4.39 Å². The molecule has 1 saturated carbocycles. The minimum absolute atomic E-state index is 0.0871. The predicted molar refractivity (Wildman–Crippen MR) is 144 cm³/mol. The van der Waals surface area contributed by atoms with E-state index in [4.69, 9.17) is 6.85 Å². The van der Waals surface area contributed by atoms with Crippen molar-refractivity contribution in [2.75, 3.05) is 5.32 Å². The van der Waals surface area contributed by atoms with Gasteiger partial charge in [-0.3, -0.25) is 19.1 Å². The molecule has 4 N–H and O–H groups in total. The summed E-state index contributed by atoms with van der Waals surface area (Å²) in [6.45, 7) is 0.273. The van der Waals surface area contributed by atoms with E-state index in [1.807, 2.05) is 12.2 Å². The lowest BCUT2D eigenvalue weighted by atomic mass is 9.90. The molecule has 0 aliphatic heterocycles. The summed E-state index contributed by atoms with van der Waals surface area (Å²) in [5.41, 5.74) is 0.159. The molecule has 212 valence electrons. The van der Waals surface area contributed by atoms with E-state index in [1.54, 1.807) is 6.07 Å². The number of anilines is 1. The topological polar surface area (TPSA) is 142 Å². The molecule has 0 radical (unpaired) electrons. The first kappa shape index (κ1) is 23.2. The van der Waals surface area contributed by atoms with Gasteiger partial charge in [0.2, 0.25) is 11.8 Å². The quantitative estimate of drug-likeness (QED) is 0.314. The van der Waals surface area contributed by atoms with Crippen LogP contribution in [0.1, 0.15) is 94.4 Å². The second kappa shape index (κ2) is 13.9. The molecule has 0 unspecified atom stereocenters. The molecule has 1 aliphatic carbocycles. The summed E-state index contributed by atoms with van der Waals surface area (Å²) >= 11 is 0. The fourth-order valence-electron chi connectivity index (χ4n) is 4.93. The highest BCUT2D eigenvalue weighted by Gasteiger charge is 2.32. The fourth-order valence-corrected chi connectivity index (χ4v) is 4.93. The number of halogens is 1. The van der Waals surface area contributed by atoms with Crippen molar-refractivity contribution < 1.29 is 35.5 Å². The number of amides is 3. The average Bonchev–Trinajstić information content (AvgIpc) is 3.28. The summed E-state index contributed by atoms with van der Waals surface area (Å²) in [4.78, 5) is 50.9. The van der Waals surface area contributed by atoms with E-state index in [0.717, 1.165) is 31.7 Å². The van der Waals surface area contributed by atoms with Crippen LogP contribution in [-0.2, 0) is 20.9 Å². The number of carboxylic acids is 1. The van der Waals surface area contributed by atoms with Crippen LogP contribution in [0.4, 0.5) is 10.1 Å². The molecule has 2 aromatic rings. The van der Waals surface area contributed by atoms with E-state index in [1.165, 1.54) is 29.9 Å².